The number of aryl methyl sites for hydroxylation is 1. The Morgan fingerprint density at radius 1 is 1.38 bits per heavy atom. The van der Waals surface area contributed by atoms with Gasteiger partial charge in [-0.1, -0.05) is 0 Å². The Hall–Kier alpha value is -0.500. The largest absolute Gasteiger partial charge is 0.381 e. The fourth-order valence-electron chi connectivity index (χ4n) is 2.59. The Morgan fingerprint density at radius 2 is 2.31 bits per heavy atom. The molecule has 3 rings (SSSR count). The average Bonchev–Trinajstić information content (AvgIpc) is 2.65. The molecule has 2 fully saturated rings. The van der Waals surface area contributed by atoms with Crippen LogP contribution in [0.4, 0.5) is 5.69 Å². The van der Waals surface area contributed by atoms with Gasteiger partial charge in [-0.15, -0.1) is 11.3 Å². The lowest BCUT2D eigenvalue weighted by atomic mass is 10.1. The third-order valence-electron chi connectivity index (χ3n) is 3.54. The summed E-state index contributed by atoms with van der Waals surface area (Å²) in [6.07, 6.45) is 4.34. The Balaban J connectivity index is 1.72. The molecule has 1 N–H and O–H groups in total. The lowest BCUT2D eigenvalue weighted by molar-refractivity contribution is 0.654. The van der Waals surface area contributed by atoms with Crippen molar-refractivity contribution in [3.05, 3.63) is 16.3 Å². The number of hydrogen-bond donors (Lipinski definition) is 1. The molecule has 2 aliphatic carbocycles. The van der Waals surface area contributed by atoms with Gasteiger partial charge in [0, 0.05) is 17.1 Å². The second-order valence-electron chi connectivity index (χ2n) is 4.46. The maximum atomic E-state index is 3.69. The third-order valence-corrected chi connectivity index (χ3v) is 4.40. The van der Waals surface area contributed by atoms with Crippen molar-refractivity contribution in [2.24, 2.45) is 11.8 Å². The Labute approximate surface area is 83.2 Å². The molecule has 1 aromatic heterocycles. The molecule has 1 nitrogen and oxygen atoms in total. The maximum Gasteiger partial charge on any atom is 0.0480 e. The lowest BCUT2D eigenvalue weighted by Crippen LogP contribution is -2.18. The molecule has 2 aliphatic rings. The minimum Gasteiger partial charge on any atom is -0.381 e. The molecule has 0 aromatic carbocycles. The van der Waals surface area contributed by atoms with Crippen LogP contribution >= 0.6 is 11.3 Å². The first-order valence-corrected chi connectivity index (χ1v) is 6.08. The highest BCUT2D eigenvalue weighted by atomic mass is 32.1. The SMILES string of the molecule is Cc1cscc1NC1CC[C@@H]2C[C@H]12. The van der Waals surface area contributed by atoms with E-state index in [1.807, 2.05) is 0 Å². The van der Waals surface area contributed by atoms with Crippen molar-refractivity contribution in [2.75, 3.05) is 5.32 Å². The molecule has 13 heavy (non-hydrogen) atoms. The van der Waals surface area contributed by atoms with Gasteiger partial charge in [-0.25, -0.2) is 0 Å². The van der Waals surface area contributed by atoms with Crippen LogP contribution in [-0.2, 0) is 0 Å². The van der Waals surface area contributed by atoms with Crippen LogP contribution in [0, 0.1) is 18.8 Å². The number of fused-ring (bicyclic) bond motifs is 1. The predicted molar refractivity (Wildman–Crippen MR) is 57.3 cm³/mol. The first-order chi connectivity index (χ1) is 6.34. The quantitative estimate of drug-likeness (QED) is 0.760. The highest BCUT2D eigenvalue weighted by Crippen LogP contribution is 2.52. The highest BCUT2D eigenvalue weighted by molar-refractivity contribution is 7.08. The van der Waals surface area contributed by atoms with Gasteiger partial charge in [0.2, 0.25) is 0 Å². The standard InChI is InChI=1S/C11H15NS/c1-7-5-13-6-11(7)12-10-3-2-8-4-9(8)10/h5-6,8-10,12H,2-4H2,1H3/t8-,9+,10?/m1/s1. The van der Waals surface area contributed by atoms with Crippen LogP contribution < -0.4 is 5.32 Å². The summed E-state index contributed by atoms with van der Waals surface area (Å²) in [6, 6.07) is 0.790. The summed E-state index contributed by atoms with van der Waals surface area (Å²) in [5.41, 5.74) is 2.79. The van der Waals surface area contributed by atoms with Crippen LogP contribution in [0.1, 0.15) is 24.8 Å². The molecule has 0 aliphatic heterocycles. The number of anilines is 1. The first kappa shape index (κ1) is 7.86. The predicted octanol–water partition coefficient (Wildman–Crippen LogP) is 3.27. The molecule has 2 heteroatoms. The van der Waals surface area contributed by atoms with Crippen molar-refractivity contribution < 1.29 is 0 Å². The molecule has 0 radical (unpaired) electrons. The van der Waals surface area contributed by atoms with E-state index in [2.05, 4.69) is 23.0 Å². The maximum absolute atomic E-state index is 3.69. The fraction of sp³-hybridized carbons (Fsp3) is 0.636. The third kappa shape index (κ3) is 1.28. The lowest BCUT2D eigenvalue weighted by Gasteiger charge is -2.15. The second-order valence-corrected chi connectivity index (χ2v) is 5.20. The van der Waals surface area contributed by atoms with Gasteiger partial charge < -0.3 is 5.32 Å². The van der Waals surface area contributed by atoms with Crippen molar-refractivity contribution >= 4 is 17.0 Å². The van der Waals surface area contributed by atoms with E-state index in [1.165, 1.54) is 30.5 Å². The summed E-state index contributed by atoms with van der Waals surface area (Å²) in [5.74, 6) is 2.09. The molecule has 1 unspecified atom stereocenters. The monoisotopic (exact) mass is 193 g/mol. The molecule has 0 amide bonds. The van der Waals surface area contributed by atoms with Gasteiger partial charge in [0.1, 0.15) is 0 Å². The van der Waals surface area contributed by atoms with Gasteiger partial charge in [-0.3, -0.25) is 0 Å². The van der Waals surface area contributed by atoms with Crippen molar-refractivity contribution in [1.82, 2.24) is 0 Å². The van der Waals surface area contributed by atoms with Gasteiger partial charge in [-0.05, 0) is 49.0 Å². The zero-order chi connectivity index (χ0) is 8.84. The molecule has 0 bridgehead atoms. The van der Waals surface area contributed by atoms with Crippen molar-refractivity contribution in [2.45, 2.75) is 32.2 Å². The van der Waals surface area contributed by atoms with E-state index in [4.69, 9.17) is 0 Å². The second kappa shape index (κ2) is 2.74. The Kier molecular flexibility index (Phi) is 1.66. The van der Waals surface area contributed by atoms with E-state index in [0.29, 0.717) is 0 Å². The molecule has 1 aromatic rings. The number of thiophene rings is 1. The zero-order valence-electron chi connectivity index (χ0n) is 7.92. The van der Waals surface area contributed by atoms with Gasteiger partial charge in [0.25, 0.3) is 0 Å². The molecule has 3 atom stereocenters. The minimum absolute atomic E-state index is 0.790. The fourth-order valence-corrected chi connectivity index (χ4v) is 3.38. The van der Waals surface area contributed by atoms with E-state index in [9.17, 15) is 0 Å². The van der Waals surface area contributed by atoms with Crippen LogP contribution in [0.2, 0.25) is 0 Å². The Bertz CT molecular complexity index is 318. The number of hydrogen-bond acceptors (Lipinski definition) is 2. The van der Waals surface area contributed by atoms with E-state index in [1.54, 1.807) is 11.3 Å². The summed E-state index contributed by atoms with van der Waals surface area (Å²) in [6.45, 7) is 2.19. The van der Waals surface area contributed by atoms with E-state index >= 15 is 0 Å². The van der Waals surface area contributed by atoms with Crippen molar-refractivity contribution in [3.8, 4) is 0 Å². The van der Waals surface area contributed by atoms with Crippen LogP contribution in [0.5, 0.6) is 0 Å². The number of nitrogens with one attached hydrogen (secondary N) is 1. The Morgan fingerprint density at radius 3 is 2.85 bits per heavy atom. The summed E-state index contributed by atoms with van der Waals surface area (Å²) in [5, 5.41) is 8.16. The van der Waals surface area contributed by atoms with Crippen LogP contribution in [0.3, 0.4) is 0 Å². The van der Waals surface area contributed by atoms with E-state index in [0.717, 1.165) is 17.9 Å². The van der Waals surface area contributed by atoms with Crippen LogP contribution in [-0.4, -0.2) is 6.04 Å². The topological polar surface area (TPSA) is 12.0 Å². The van der Waals surface area contributed by atoms with Crippen molar-refractivity contribution in [3.63, 3.8) is 0 Å². The average molecular weight is 193 g/mol. The summed E-state index contributed by atoms with van der Waals surface area (Å²) >= 11 is 1.80. The summed E-state index contributed by atoms with van der Waals surface area (Å²) < 4.78 is 0. The van der Waals surface area contributed by atoms with Gasteiger partial charge in [-0.2, -0.15) is 0 Å². The molecule has 2 saturated carbocycles. The van der Waals surface area contributed by atoms with Gasteiger partial charge in [0.15, 0.2) is 0 Å². The van der Waals surface area contributed by atoms with E-state index in [-0.39, 0.29) is 0 Å². The minimum atomic E-state index is 0.790. The molecular formula is C11H15NS. The summed E-state index contributed by atoms with van der Waals surface area (Å²) in [7, 11) is 0. The zero-order valence-corrected chi connectivity index (χ0v) is 8.73. The normalized spacial score (nSPS) is 35.9. The molecule has 0 saturated heterocycles. The van der Waals surface area contributed by atoms with Crippen molar-refractivity contribution in [1.29, 1.82) is 0 Å². The van der Waals surface area contributed by atoms with E-state index < -0.39 is 0 Å². The molecule has 70 valence electrons. The van der Waals surface area contributed by atoms with Crippen LogP contribution in [0.25, 0.3) is 0 Å². The molecule has 0 spiro atoms. The molecule has 1 heterocycles. The number of rotatable bonds is 2. The van der Waals surface area contributed by atoms with Crippen LogP contribution in [0.15, 0.2) is 10.8 Å². The van der Waals surface area contributed by atoms with Gasteiger partial charge >= 0.3 is 0 Å². The first-order valence-electron chi connectivity index (χ1n) is 5.14. The highest BCUT2D eigenvalue weighted by Gasteiger charge is 2.47. The smallest absolute Gasteiger partial charge is 0.0480 e. The van der Waals surface area contributed by atoms with Gasteiger partial charge in [0.05, 0.1) is 0 Å². The summed E-state index contributed by atoms with van der Waals surface area (Å²) in [4.78, 5) is 0. The molecular weight excluding hydrogens is 178 g/mol.